The van der Waals surface area contributed by atoms with Gasteiger partial charge in [0.15, 0.2) is 11.4 Å². The van der Waals surface area contributed by atoms with Gasteiger partial charge >= 0.3 is 5.97 Å². The van der Waals surface area contributed by atoms with Crippen LogP contribution >= 0.6 is 31.9 Å². The number of nitrogens with zero attached hydrogens (tertiary/aromatic N) is 4. The second kappa shape index (κ2) is 12.5. The van der Waals surface area contributed by atoms with Crippen molar-refractivity contribution in [2.75, 3.05) is 19.8 Å². The molecular weight excluding hydrogens is 646 g/mol. The molecule has 4 aromatic rings. The van der Waals surface area contributed by atoms with E-state index in [0.717, 1.165) is 55.7 Å². The van der Waals surface area contributed by atoms with Crippen LogP contribution in [0, 0.1) is 0 Å². The second-order valence-corrected chi connectivity index (χ2v) is 10.9. The zero-order chi connectivity index (χ0) is 28.2. The van der Waals surface area contributed by atoms with Crippen molar-refractivity contribution in [2.45, 2.75) is 33.0 Å². The van der Waals surface area contributed by atoms with Crippen molar-refractivity contribution in [3.8, 4) is 11.4 Å². The monoisotopic (exact) mass is 671 g/mol. The number of benzene rings is 2. The first-order chi connectivity index (χ1) is 19.4. The Bertz CT molecular complexity index is 1560. The standard InChI is InChI=1S/C15H15BrN2O3.C13H12BrN3O2/c1-2-21-15(19)14-12-9-20-7-6-13(12)18(17-14)11-5-3-4-10(16)8-11;14-8-2-1-3-9(6-8)17-11-4-5-19-7-10(11)12(16-17)13(15)18/h3-5,8H,2,6-7,9H2,1H3;1-3,6H,4-5,7H2,(H2,15,18). The fourth-order valence-corrected chi connectivity index (χ4v) is 5.45. The Labute approximate surface area is 247 Å². The van der Waals surface area contributed by atoms with Crippen LogP contribution in [0.3, 0.4) is 0 Å². The number of esters is 1. The van der Waals surface area contributed by atoms with E-state index < -0.39 is 11.9 Å². The Morgan fingerprint density at radius 1 is 0.875 bits per heavy atom. The van der Waals surface area contributed by atoms with Crippen LogP contribution in [0.1, 0.15) is 50.4 Å². The molecule has 1 amide bonds. The SMILES string of the molecule is CCOC(=O)c1nn(-c2cccc(Br)c2)c2c1COCC2.NC(=O)c1nn(-c2cccc(Br)c2)c2c1COCC2. The number of carbonyl (C=O) groups excluding carboxylic acids is 2. The van der Waals surface area contributed by atoms with E-state index in [2.05, 4.69) is 42.1 Å². The summed E-state index contributed by atoms with van der Waals surface area (Å²) in [5.74, 6) is -0.913. The highest BCUT2D eigenvalue weighted by molar-refractivity contribution is 9.10. The van der Waals surface area contributed by atoms with Crippen LogP contribution in [0.2, 0.25) is 0 Å². The average molecular weight is 673 g/mol. The van der Waals surface area contributed by atoms with E-state index in [1.54, 1.807) is 11.6 Å². The Morgan fingerprint density at radius 3 is 1.85 bits per heavy atom. The minimum Gasteiger partial charge on any atom is -0.461 e. The highest BCUT2D eigenvalue weighted by atomic mass is 79.9. The van der Waals surface area contributed by atoms with E-state index in [1.165, 1.54) is 0 Å². The molecule has 0 radical (unpaired) electrons. The number of halogens is 2. The van der Waals surface area contributed by atoms with Gasteiger partial charge in [0.25, 0.3) is 5.91 Å². The summed E-state index contributed by atoms with van der Waals surface area (Å²) in [7, 11) is 0. The fourth-order valence-electron chi connectivity index (χ4n) is 4.68. The second-order valence-electron chi connectivity index (χ2n) is 9.02. The van der Waals surface area contributed by atoms with Crippen molar-refractivity contribution in [2.24, 2.45) is 5.73 Å². The van der Waals surface area contributed by atoms with Crippen molar-refractivity contribution in [1.82, 2.24) is 19.6 Å². The van der Waals surface area contributed by atoms with Gasteiger partial charge in [-0.1, -0.05) is 44.0 Å². The van der Waals surface area contributed by atoms with Gasteiger partial charge in [-0.2, -0.15) is 10.2 Å². The molecule has 2 N–H and O–H groups in total. The van der Waals surface area contributed by atoms with Crippen LogP contribution in [-0.2, 0) is 40.3 Å². The third-order valence-electron chi connectivity index (χ3n) is 6.45. The first-order valence-corrected chi connectivity index (χ1v) is 14.3. The van der Waals surface area contributed by atoms with Gasteiger partial charge < -0.3 is 19.9 Å². The van der Waals surface area contributed by atoms with Crippen LogP contribution in [0.5, 0.6) is 0 Å². The Kier molecular flexibility index (Phi) is 8.79. The summed E-state index contributed by atoms with van der Waals surface area (Å²) >= 11 is 6.89. The molecule has 4 heterocycles. The van der Waals surface area contributed by atoms with Crippen molar-refractivity contribution < 1.29 is 23.8 Å². The number of fused-ring (bicyclic) bond motifs is 2. The van der Waals surface area contributed by atoms with Gasteiger partial charge in [0, 0.05) is 32.9 Å². The summed E-state index contributed by atoms with van der Waals surface area (Å²) in [6.07, 6.45) is 1.45. The molecule has 0 spiro atoms. The molecule has 0 bridgehead atoms. The smallest absolute Gasteiger partial charge is 0.359 e. The van der Waals surface area contributed by atoms with Crippen LogP contribution in [0.25, 0.3) is 11.4 Å². The number of ether oxygens (including phenoxy) is 3. The summed E-state index contributed by atoms with van der Waals surface area (Å²) in [6.45, 7) is 4.17. The van der Waals surface area contributed by atoms with Crippen molar-refractivity contribution in [1.29, 1.82) is 0 Å². The predicted molar refractivity (Wildman–Crippen MR) is 154 cm³/mol. The average Bonchev–Trinajstić information content (AvgIpc) is 3.54. The van der Waals surface area contributed by atoms with E-state index in [0.29, 0.717) is 44.4 Å². The molecule has 2 aliphatic rings. The molecule has 0 saturated heterocycles. The van der Waals surface area contributed by atoms with Crippen LogP contribution < -0.4 is 5.73 Å². The Morgan fingerprint density at radius 2 is 1.38 bits per heavy atom. The highest BCUT2D eigenvalue weighted by Gasteiger charge is 2.27. The number of amides is 1. The number of hydrogen-bond donors (Lipinski definition) is 1. The predicted octanol–water partition coefficient (Wildman–Crippen LogP) is 4.69. The minimum absolute atomic E-state index is 0.301. The number of nitrogens with two attached hydrogens (primary N) is 1. The van der Waals surface area contributed by atoms with Gasteiger partial charge in [0.1, 0.15) is 0 Å². The molecule has 0 saturated carbocycles. The topological polar surface area (TPSA) is 123 Å². The lowest BCUT2D eigenvalue weighted by Gasteiger charge is -2.15. The number of aromatic nitrogens is 4. The normalized spacial score (nSPS) is 14.0. The minimum atomic E-state index is -0.518. The molecule has 2 aliphatic heterocycles. The molecule has 208 valence electrons. The number of carbonyl (C=O) groups is 2. The quantitative estimate of drug-likeness (QED) is 0.305. The van der Waals surface area contributed by atoms with Crippen LogP contribution in [0.15, 0.2) is 57.5 Å². The van der Waals surface area contributed by atoms with Gasteiger partial charge in [-0.05, 0) is 43.3 Å². The van der Waals surface area contributed by atoms with E-state index in [1.807, 2.05) is 53.2 Å². The number of rotatable bonds is 5. The first-order valence-electron chi connectivity index (χ1n) is 12.7. The van der Waals surface area contributed by atoms with Crippen molar-refractivity contribution in [3.05, 3.63) is 91.4 Å². The zero-order valence-corrected chi connectivity index (χ0v) is 24.9. The maximum absolute atomic E-state index is 12.1. The van der Waals surface area contributed by atoms with Gasteiger partial charge in [0.05, 0.1) is 55.8 Å². The molecule has 0 unspecified atom stereocenters. The molecule has 2 aromatic carbocycles. The molecule has 6 rings (SSSR count). The van der Waals surface area contributed by atoms with Gasteiger partial charge in [0.2, 0.25) is 0 Å². The molecule has 0 aliphatic carbocycles. The first kappa shape index (κ1) is 28.2. The largest absolute Gasteiger partial charge is 0.461 e. The summed E-state index contributed by atoms with van der Waals surface area (Å²) in [5, 5.41) is 8.81. The summed E-state index contributed by atoms with van der Waals surface area (Å²) in [6, 6.07) is 15.6. The summed E-state index contributed by atoms with van der Waals surface area (Å²) in [5.41, 5.74) is 11.5. The third kappa shape index (κ3) is 5.90. The lowest BCUT2D eigenvalue weighted by atomic mass is 10.1. The maximum Gasteiger partial charge on any atom is 0.359 e. The fraction of sp³-hybridized carbons (Fsp3) is 0.286. The summed E-state index contributed by atoms with van der Waals surface area (Å²) in [4.78, 5) is 23.5. The number of hydrogen-bond acceptors (Lipinski definition) is 7. The van der Waals surface area contributed by atoms with Crippen LogP contribution in [-0.4, -0.2) is 51.3 Å². The molecular formula is C28H27Br2N5O5. The Hall–Kier alpha value is -3.32. The highest BCUT2D eigenvalue weighted by Crippen LogP contribution is 2.27. The zero-order valence-electron chi connectivity index (χ0n) is 21.7. The van der Waals surface area contributed by atoms with Gasteiger partial charge in [-0.25, -0.2) is 14.2 Å². The van der Waals surface area contributed by atoms with E-state index >= 15 is 0 Å². The van der Waals surface area contributed by atoms with E-state index in [-0.39, 0.29) is 0 Å². The molecule has 40 heavy (non-hydrogen) atoms. The van der Waals surface area contributed by atoms with Crippen LogP contribution in [0.4, 0.5) is 0 Å². The van der Waals surface area contributed by atoms with Gasteiger partial charge in [-0.15, -0.1) is 0 Å². The lowest BCUT2D eigenvalue weighted by Crippen LogP contribution is -2.17. The van der Waals surface area contributed by atoms with Crippen molar-refractivity contribution >= 4 is 43.7 Å². The third-order valence-corrected chi connectivity index (χ3v) is 7.43. The van der Waals surface area contributed by atoms with Gasteiger partial charge in [-0.3, -0.25) is 4.79 Å². The molecule has 12 heteroatoms. The summed E-state index contributed by atoms with van der Waals surface area (Å²) < 4.78 is 21.5. The van der Waals surface area contributed by atoms with E-state index in [9.17, 15) is 9.59 Å². The van der Waals surface area contributed by atoms with E-state index in [4.69, 9.17) is 19.9 Å². The molecule has 0 fully saturated rings. The molecule has 0 atom stereocenters. The van der Waals surface area contributed by atoms with Crippen molar-refractivity contribution in [3.63, 3.8) is 0 Å². The molecule has 2 aromatic heterocycles. The number of primary amides is 1. The Balaban J connectivity index is 0.000000162. The lowest BCUT2D eigenvalue weighted by molar-refractivity contribution is 0.0509. The molecule has 10 nitrogen and oxygen atoms in total. The maximum atomic E-state index is 12.1.